The fourth-order valence-corrected chi connectivity index (χ4v) is 2.94. The van der Waals surface area contributed by atoms with Gasteiger partial charge in [0.2, 0.25) is 0 Å². The molecule has 19 heavy (non-hydrogen) atoms. The van der Waals surface area contributed by atoms with Gasteiger partial charge in [0.05, 0.1) is 10.0 Å². The summed E-state index contributed by atoms with van der Waals surface area (Å²) in [6.45, 7) is 3.72. The van der Waals surface area contributed by atoms with E-state index in [9.17, 15) is 0 Å². The highest BCUT2D eigenvalue weighted by atomic mass is 35.5. The number of rotatable bonds is 7. The first-order chi connectivity index (χ1) is 9.24. The van der Waals surface area contributed by atoms with Crippen molar-refractivity contribution in [1.82, 2.24) is 15.2 Å². The van der Waals surface area contributed by atoms with Crippen molar-refractivity contribution < 1.29 is 0 Å². The number of hydrogen-bond donors (Lipinski definition) is 1. The van der Waals surface area contributed by atoms with Crippen molar-refractivity contribution in [1.29, 1.82) is 0 Å². The maximum absolute atomic E-state index is 5.92. The summed E-state index contributed by atoms with van der Waals surface area (Å²) in [7, 11) is 2.12. The van der Waals surface area contributed by atoms with E-state index >= 15 is 0 Å². The van der Waals surface area contributed by atoms with E-state index < -0.39 is 0 Å². The smallest absolute Gasteiger partial charge is 0.0931 e. The molecule has 3 nitrogen and oxygen atoms in total. The number of pyridine rings is 1. The minimum atomic E-state index is 0.819. The third-order valence-corrected chi connectivity index (χ3v) is 3.97. The molecular formula is C14H18ClN3S. The molecule has 0 aliphatic heterocycles. The molecule has 1 N–H and O–H groups in total. The van der Waals surface area contributed by atoms with Gasteiger partial charge in [-0.25, -0.2) is 0 Å². The number of halogens is 1. The Bertz CT molecular complexity index is 486. The van der Waals surface area contributed by atoms with Crippen molar-refractivity contribution in [2.75, 3.05) is 20.1 Å². The maximum Gasteiger partial charge on any atom is 0.0931 e. The molecule has 2 heterocycles. The molecule has 0 spiro atoms. The van der Waals surface area contributed by atoms with Gasteiger partial charge in [-0.15, -0.1) is 11.3 Å². The molecule has 0 radical (unpaired) electrons. The second kappa shape index (κ2) is 7.60. The Balaban J connectivity index is 1.63. The van der Waals surface area contributed by atoms with Gasteiger partial charge >= 0.3 is 0 Å². The predicted octanol–water partition coefficient (Wildman–Crippen LogP) is 3.02. The topological polar surface area (TPSA) is 28.2 Å². The van der Waals surface area contributed by atoms with Crippen LogP contribution in [0.1, 0.15) is 10.6 Å². The minimum absolute atomic E-state index is 0.819. The highest BCUT2D eigenvalue weighted by molar-refractivity contribution is 7.16. The monoisotopic (exact) mass is 295 g/mol. The van der Waals surface area contributed by atoms with Crippen LogP contribution in [0.2, 0.25) is 4.34 Å². The molecule has 0 saturated carbocycles. The second-order valence-corrected chi connectivity index (χ2v) is 6.24. The van der Waals surface area contributed by atoms with Crippen molar-refractivity contribution in [2.24, 2.45) is 0 Å². The van der Waals surface area contributed by atoms with Crippen LogP contribution in [-0.2, 0) is 13.1 Å². The average molecular weight is 296 g/mol. The third kappa shape index (κ3) is 5.28. The molecule has 102 valence electrons. The van der Waals surface area contributed by atoms with Crippen LogP contribution in [0.4, 0.5) is 0 Å². The summed E-state index contributed by atoms with van der Waals surface area (Å²) in [6, 6.07) is 10.0. The molecule has 5 heteroatoms. The number of thiophene rings is 1. The Morgan fingerprint density at radius 3 is 2.89 bits per heavy atom. The fraction of sp³-hybridized carbons (Fsp3) is 0.357. The molecule has 0 amide bonds. The normalized spacial score (nSPS) is 11.1. The second-order valence-electron chi connectivity index (χ2n) is 4.44. The lowest BCUT2D eigenvalue weighted by atomic mass is 10.3. The van der Waals surface area contributed by atoms with Gasteiger partial charge in [-0.2, -0.15) is 0 Å². The number of aromatic nitrogens is 1. The van der Waals surface area contributed by atoms with E-state index in [0.717, 1.165) is 36.2 Å². The van der Waals surface area contributed by atoms with Gasteiger partial charge in [0.15, 0.2) is 0 Å². The van der Waals surface area contributed by atoms with Gasteiger partial charge < -0.3 is 10.2 Å². The predicted molar refractivity (Wildman–Crippen MR) is 81.6 cm³/mol. The number of hydrogen-bond acceptors (Lipinski definition) is 4. The third-order valence-electron chi connectivity index (χ3n) is 2.76. The first kappa shape index (κ1) is 14.5. The summed E-state index contributed by atoms with van der Waals surface area (Å²) in [5, 5.41) is 3.40. The van der Waals surface area contributed by atoms with Crippen LogP contribution in [0.25, 0.3) is 0 Å². The summed E-state index contributed by atoms with van der Waals surface area (Å²) in [5.74, 6) is 0. The summed E-state index contributed by atoms with van der Waals surface area (Å²) in [5.41, 5.74) is 1.08. The first-order valence-electron chi connectivity index (χ1n) is 6.27. The van der Waals surface area contributed by atoms with Gasteiger partial charge in [-0.3, -0.25) is 4.98 Å². The molecule has 2 rings (SSSR count). The van der Waals surface area contributed by atoms with Crippen LogP contribution < -0.4 is 5.32 Å². The van der Waals surface area contributed by atoms with Crippen LogP contribution >= 0.6 is 22.9 Å². The van der Waals surface area contributed by atoms with Crippen molar-refractivity contribution in [3.8, 4) is 0 Å². The summed E-state index contributed by atoms with van der Waals surface area (Å²) in [6.07, 6.45) is 1.82. The van der Waals surface area contributed by atoms with Gasteiger partial charge in [-0.1, -0.05) is 17.7 Å². The molecule has 0 atom stereocenters. The zero-order chi connectivity index (χ0) is 13.5. The van der Waals surface area contributed by atoms with Gasteiger partial charge in [0.25, 0.3) is 0 Å². The van der Waals surface area contributed by atoms with E-state index in [1.807, 2.05) is 30.5 Å². The lowest BCUT2D eigenvalue weighted by Crippen LogP contribution is -2.28. The molecule has 0 fully saturated rings. The summed E-state index contributed by atoms with van der Waals surface area (Å²) >= 11 is 7.56. The Morgan fingerprint density at radius 1 is 1.32 bits per heavy atom. The number of likely N-dealkylation sites (N-methyl/N-ethyl adjacent to an activating group) is 1. The van der Waals surface area contributed by atoms with E-state index in [2.05, 4.69) is 28.3 Å². The Labute approximate surface area is 123 Å². The highest BCUT2D eigenvalue weighted by Gasteiger charge is 2.02. The maximum atomic E-state index is 5.92. The minimum Gasteiger partial charge on any atom is -0.310 e. The van der Waals surface area contributed by atoms with Crippen LogP contribution in [0.5, 0.6) is 0 Å². The molecule has 0 bridgehead atoms. The van der Waals surface area contributed by atoms with E-state index in [1.165, 1.54) is 4.88 Å². The van der Waals surface area contributed by atoms with Crippen LogP contribution in [0, 0.1) is 0 Å². The van der Waals surface area contributed by atoms with Crippen molar-refractivity contribution in [2.45, 2.75) is 13.1 Å². The lowest BCUT2D eigenvalue weighted by Gasteiger charge is -2.15. The summed E-state index contributed by atoms with van der Waals surface area (Å²) < 4.78 is 0.858. The van der Waals surface area contributed by atoms with E-state index in [4.69, 9.17) is 11.6 Å². The standard InChI is InChI=1S/C14H18ClN3S/c1-18(11-13-5-6-14(15)19-13)9-8-16-10-12-4-2-3-7-17-12/h2-7,16H,8-11H2,1H3. The molecule has 0 aromatic carbocycles. The number of nitrogens with zero attached hydrogens (tertiary/aromatic N) is 2. The molecule has 0 aliphatic carbocycles. The van der Waals surface area contributed by atoms with Crippen LogP contribution in [0.15, 0.2) is 36.5 Å². The zero-order valence-corrected chi connectivity index (χ0v) is 12.5. The van der Waals surface area contributed by atoms with E-state index in [1.54, 1.807) is 11.3 Å². The van der Waals surface area contributed by atoms with Crippen molar-refractivity contribution in [3.05, 3.63) is 51.4 Å². The first-order valence-corrected chi connectivity index (χ1v) is 7.47. The molecule has 0 aliphatic rings. The largest absolute Gasteiger partial charge is 0.310 e. The van der Waals surface area contributed by atoms with Crippen LogP contribution in [-0.4, -0.2) is 30.0 Å². The van der Waals surface area contributed by atoms with E-state index in [-0.39, 0.29) is 0 Å². The zero-order valence-electron chi connectivity index (χ0n) is 11.0. The number of nitrogens with one attached hydrogen (secondary N) is 1. The Kier molecular flexibility index (Phi) is 5.79. The SMILES string of the molecule is CN(CCNCc1ccccn1)Cc1ccc(Cl)s1. The molecule has 0 saturated heterocycles. The average Bonchev–Trinajstić information content (AvgIpc) is 2.81. The van der Waals surface area contributed by atoms with Gasteiger partial charge in [-0.05, 0) is 31.3 Å². The fourth-order valence-electron chi connectivity index (χ4n) is 1.77. The van der Waals surface area contributed by atoms with Gasteiger partial charge in [0.1, 0.15) is 0 Å². The molecular weight excluding hydrogens is 278 g/mol. The van der Waals surface area contributed by atoms with E-state index in [0.29, 0.717) is 0 Å². The Morgan fingerprint density at radius 2 is 2.21 bits per heavy atom. The summed E-state index contributed by atoms with van der Waals surface area (Å²) in [4.78, 5) is 7.87. The lowest BCUT2D eigenvalue weighted by molar-refractivity contribution is 0.326. The molecule has 0 unspecified atom stereocenters. The Hall–Kier alpha value is -0.940. The van der Waals surface area contributed by atoms with Crippen molar-refractivity contribution >= 4 is 22.9 Å². The van der Waals surface area contributed by atoms with Crippen LogP contribution in [0.3, 0.4) is 0 Å². The molecule has 2 aromatic heterocycles. The van der Waals surface area contributed by atoms with Crippen molar-refractivity contribution in [3.63, 3.8) is 0 Å². The quantitative estimate of drug-likeness (QED) is 0.796. The van der Waals surface area contributed by atoms with Gasteiger partial charge in [0, 0.05) is 37.3 Å². The molecule has 2 aromatic rings. The highest BCUT2D eigenvalue weighted by Crippen LogP contribution is 2.22.